The summed E-state index contributed by atoms with van der Waals surface area (Å²) < 4.78 is 5.28. The van der Waals surface area contributed by atoms with Gasteiger partial charge in [-0.3, -0.25) is 9.59 Å². The Bertz CT molecular complexity index is 832. The number of hydrogen-bond acceptors (Lipinski definition) is 4. The summed E-state index contributed by atoms with van der Waals surface area (Å²) in [6.45, 7) is 0. The van der Waals surface area contributed by atoms with E-state index >= 15 is 0 Å². The van der Waals surface area contributed by atoms with Crippen LogP contribution >= 0.6 is 0 Å². The zero-order chi connectivity index (χ0) is 17.8. The van der Waals surface area contributed by atoms with Gasteiger partial charge >= 0.3 is 0 Å². The Labute approximate surface area is 146 Å². The van der Waals surface area contributed by atoms with E-state index in [0.717, 1.165) is 30.4 Å². The Kier molecular flexibility index (Phi) is 4.98. The van der Waals surface area contributed by atoms with Crippen molar-refractivity contribution in [1.82, 2.24) is 0 Å². The molecule has 1 saturated carbocycles. The summed E-state index contributed by atoms with van der Waals surface area (Å²) in [5, 5.41) is 9.60. The molecular weight excluding hydrogens is 316 g/mol. The van der Waals surface area contributed by atoms with Crippen molar-refractivity contribution in [3.8, 4) is 22.6 Å². The van der Waals surface area contributed by atoms with Crippen molar-refractivity contribution in [2.24, 2.45) is 5.92 Å². The molecule has 1 N–H and O–H groups in total. The van der Waals surface area contributed by atoms with Gasteiger partial charge < -0.3 is 9.84 Å². The highest BCUT2D eigenvalue weighted by atomic mass is 16.5. The number of ketones is 1. The zero-order valence-corrected chi connectivity index (χ0v) is 14.1. The molecule has 0 aliphatic heterocycles. The summed E-state index contributed by atoms with van der Waals surface area (Å²) in [4.78, 5) is 23.5. The third-order valence-electron chi connectivity index (χ3n) is 4.65. The van der Waals surface area contributed by atoms with Gasteiger partial charge in [0.1, 0.15) is 11.5 Å². The summed E-state index contributed by atoms with van der Waals surface area (Å²) in [6, 6.07) is 10.2. The van der Waals surface area contributed by atoms with Crippen LogP contribution in [0.4, 0.5) is 0 Å². The Hall–Kier alpha value is -2.88. The number of allylic oxidation sites excluding steroid dienone is 1. The van der Waals surface area contributed by atoms with E-state index < -0.39 is 0 Å². The largest absolute Gasteiger partial charge is 0.508 e. The number of carbonyl (C=O) groups is 2. The Morgan fingerprint density at radius 1 is 1.12 bits per heavy atom. The van der Waals surface area contributed by atoms with Gasteiger partial charge in [0.15, 0.2) is 12.1 Å². The molecule has 25 heavy (non-hydrogen) atoms. The molecule has 0 atom stereocenters. The minimum absolute atomic E-state index is 0.0385. The molecule has 0 bridgehead atoms. The molecule has 2 aromatic carbocycles. The average molecular weight is 336 g/mol. The van der Waals surface area contributed by atoms with E-state index in [1.54, 1.807) is 31.4 Å². The van der Waals surface area contributed by atoms with Gasteiger partial charge in [-0.2, -0.15) is 0 Å². The molecule has 0 amide bonds. The first-order chi connectivity index (χ1) is 12.1. The van der Waals surface area contributed by atoms with E-state index in [9.17, 15) is 14.7 Å². The fourth-order valence-electron chi connectivity index (χ4n) is 2.94. The van der Waals surface area contributed by atoms with Gasteiger partial charge in [-0.15, -0.1) is 0 Å². The molecule has 0 unspecified atom stereocenters. The number of benzene rings is 2. The molecule has 128 valence electrons. The molecule has 0 aromatic heterocycles. The molecule has 1 fully saturated rings. The summed E-state index contributed by atoms with van der Waals surface area (Å²) in [7, 11) is 1.58. The summed E-state index contributed by atoms with van der Waals surface area (Å²) in [5.41, 5.74) is 2.69. The van der Waals surface area contributed by atoms with Crippen molar-refractivity contribution in [3.63, 3.8) is 0 Å². The van der Waals surface area contributed by atoms with Crippen molar-refractivity contribution in [2.45, 2.75) is 19.3 Å². The summed E-state index contributed by atoms with van der Waals surface area (Å²) in [6.07, 6.45) is 7.14. The number of rotatable bonds is 6. The number of aromatic hydroxyl groups is 1. The Balaban J connectivity index is 2.03. The number of aldehydes is 1. The third-order valence-corrected chi connectivity index (χ3v) is 4.65. The highest BCUT2D eigenvalue weighted by Crippen LogP contribution is 2.33. The van der Waals surface area contributed by atoms with E-state index in [2.05, 4.69) is 0 Å². The third kappa shape index (κ3) is 3.63. The second-order valence-corrected chi connectivity index (χ2v) is 6.21. The first kappa shape index (κ1) is 17.0. The number of phenolic OH excluding ortho intramolecular Hbond substituents is 1. The average Bonchev–Trinajstić information content (AvgIpc) is 2.58. The molecule has 3 rings (SSSR count). The lowest BCUT2D eigenvalue weighted by atomic mass is 9.82. The first-order valence-corrected chi connectivity index (χ1v) is 8.31. The van der Waals surface area contributed by atoms with Gasteiger partial charge in [0.25, 0.3) is 0 Å². The normalized spacial score (nSPS) is 14.3. The number of hydrogen-bond donors (Lipinski definition) is 1. The van der Waals surface area contributed by atoms with Crippen LogP contribution in [0.1, 0.15) is 35.2 Å². The molecule has 1 aliphatic carbocycles. The number of carbonyl (C=O) groups excluding carboxylic acids is 2. The molecule has 0 heterocycles. The maximum absolute atomic E-state index is 12.2. The molecule has 2 aromatic rings. The Morgan fingerprint density at radius 3 is 2.48 bits per heavy atom. The lowest BCUT2D eigenvalue weighted by Gasteiger charge is -2.22. The van der Waals surface area contributed by atoms with E-state index in [1.165, 1.54) is 6.07 Å². The molecule has 0 saturated heterocycles. The van der Waals surface area contributed by atoms with E-state index in [1.807, 2.05) is 18.2 Å². The van der Waals surface area contributed by atoms with Crippen molar-refractivity contribution in [3.05, 3.63) is 53.6 Å². The van der Waals surface area contributed by atoms with Gasteiger partial charge in [0.2, 0.25) is 0 Å². The van der Waals surface area contributed by atoms with Crippen LogP contribution in [0.25, 0.3) is 17.2 Å². The van der Waals surface area contributed by atoms with E-state index in [4.69, 9.17) is 4.74 Å². The van der Waals surface area contributed by atoms with Crippen molar-refractivity contribution < 1.29 is 19.4 Å². The van der Waals surface area contributed by atoms with Crippen LogP contribution < -0.4 is 4.74 Å². The molecule has 0 spiro atoms. The van der Waals surface area contributed by atoms with Crippen molar-refractivity contribution in [1.29, 1.82) is 0 Å². The van der Waals surface area contributed by atoms with Gasteiger partial charge in [-0.05, 0) is 65.9 Å². The van der Waals surface area contributed by atoms with Crippen LogP contribution in [-0.4, -0.2) is 24.3 Å². The minimum atomic E-state index is 0.0385. The number of ether oxygens (including phenoxy) is 1. The van der Waals surface area contributed by atoms with E-state index in [-0.39, 0.29) is 17.5 Å². The fraction of sp³-hybridized carbons (Fsp3) is 0.238. The lowest BCUT2D eigenvalue weighted by molar-refractivity contribution is -0.120. The molecule has 4 nitrogen and oxygen atoms in total. The number of methoxy groups -OCH3 is 1. The topological polar surface area (TPSA) is 63.6 Å². The van der Waals surface area contributed by atoms with Crippen molar-refractivity contribution in [2.75, 3.05) is 7.11 Å². The van der Waals surface area contributed by atoms with Gasteiger partial charge in [0, 0.05) is 11.5 Å². The van der Waals surface area contributed by atoms with Crippen LogP contribution in [0, 0.1) is 5.92 Å². The van der Waals surface area contributed by atoms with Crippen LogP contribution in [0.3, 0.4) is 0 Å². The second kappa shape index (κ2) is 7.34. The SMILES string of the molecule is COc1ccc(-c2ccc(O)cc2C=O)c(/C=C/C(=O)C2CCC2)c1. The minimum Gasteiger partial charge on any atom is -0.508 e. The predicted molar refractivity (Wildman–Crippen MR) is 96.9 cm³/mol. The van der Waals surface area contributed by atoms with E-state index in [0.29, 0.717) is 23.2 Å². The fourth-order valence-corrected chi connectivity index (χ4v) is 2.94. The highest BCUT2D eigenvalue weighted by molar-refractivity contribution is 5.98. The zero-order valence-electron chi connectivity index (χ0n) is 14.1. The van der Waals surface area contributed by atoms with Crippen LogP contribution in [0.5, 0.6) is 11.5 Å². The standard InChI is InChI=1S/C21H20O4/c1-25-18-7-9-19(20-8-6-17(23)11-16(20)13-22)15(12-18)5-10-21(24)14-3-2-4-14/h5-14,23H,2-4H2,1H3/b10-5+. The van der Waals surface area contributed by atoms with Gasteiger partial charge in [0.05, 0.1) is 7.11 Å². The quantitative estimate of drug-likeness (QED) is 0.632. The molecule has 0 radical (unpaired) electrons. The number of phenols is 1. The first-order valence-electron chi connectivity index (χ1n) is 8.31. The monoisotopic (exact) mass is 336 g/mol. The summed E-state index contributed by atoms with van der Waals surface area (Å²) >= 11 is 0. The predicted octanol–water partition coefficient (Wildman–Crippen LogP) is 4.26. The lowest BCUT2D eigenvalue weighted by Crippen LogP contribution is -2.19. The van der Waals surface area contributed by atoms with Crippen LogP contribution in [0.2, 0.25) is 0 Å². The van der Waals surface area contributed by atoms with Crippen molar-refractivity contribution >= 4 is 18.1 Å². The van der Waals surface area contributed by atoms with Crippen LogP contribution in [0.15, 0.2) is 42.5 Å². The maximum Gasteiger partial charge on any atom is 0.158 e. The van der Waals surface area contributed by atoms with Gasteiger partial charge in [-0.25, -0.2) is 0 Å². The molecular formula is C21H20O4. The van der Waals surface area contributed by atoms with Gasteiger partial charge in [-0.1, -0.05) is 18.6 Å². The Morgan fingerprint density at radius 2 is 1.84 bits per heavy atom. The molecule has 4 heteroatoms. The summed E-state index contributed by atoms with van der Waals surface area (Å²) in [5.74, 6) is 0.994. The smallest absolute Gasteiger partial charge is 0.158 e. The second-order valence-electron chi connectivity index (χ2n) is 6.21. The molecule has 1 aliphatic rings. The highest BCUT2D eigenvalue weighted by Gasteiger charge is 2.23. The maximum atomic E-state index is 12.2. The van der Waals surface area contributed by atoms with Crippen LogP contribution in [-0.2, 0) is 4.79 Å².